The third-order valence-electron chi connectivity index (χ3n) is 5.18. The Morgan fingerprint density at radius 3 is 2.41 bits per heavy atom. The van der Waals surface area contributed by atoms with Crippen molar-refractivity contribution in [1.82, 2.24) is 0 Å². The number of carbonyl (C=O) groups is 2. The summed E-state index contributed by atoms with van der Waals surface area (Å²) in [6.45, 7) is 11.1. The highest BCUT2D eigenvalue weighted by molar-refractivity contribution is 5.77. The summed E-state index contributed by atoms with van der Waals surface area (Å²) in [5, 5.41) is 0. The molecule has 0 fully saturated rings. The molecule has 1 aliphatic carbocycles. The number of ether oxygens (including phenoxy) is 2. The van der Waals surface area contributed by atoms with Gasteiger partial charge in [0.25, 0.3) is 0 Å². The maximum Gasteiger partial charge on any atom is 0.306 e. The predicted octanol–water partition coefficient (Wildman–Crippen LogP) is 6.01. The molecule has 4 nitrogen and oxygen atoms in total. The van der Waals surface area contributed by atoms with Crippen molar-refractivity contribution < 1.29 is 19.1 Å². The number of esters is 2. The number of rotatable bonds is 9. The molecule has 1 aliphatic rings. The molecule has 0 radical (unpaired) electrons. The fraction of sp³-hybridized carbons (Fsp3) is 0.520. The van der Waals surface area contributed by atoms with Crippen molar-refractivity contribution in [2.24, 2.45) is 5.41 Å². The molecule has 0 saturated carbocycles. The van der Waals surface area contributed by atoms with Crippen LogP contribution >= 0.6 is 0 Å². The molecule has 0 bridgehead atoms. The van der Waals surface area contributed by atoms with E-state index < -0.39 is 11.9 Å². The molecule has 1 rings (SSSR count). The van der Waals surface area contributed by atoms with Gasteiger partial charge in [0.15, 0.2) is 0 Å². The van der Waals surface area contributed by atoms with E-state index in [1.54, 1.807) is 0 Å². The molecule has 0 amide bonds. The summed E-state index contributed by atoms with van der Waals surface area (Å²) in [7, 11) is 1.30. The van der Waals surface area contributed by atoms with Crippen LogP contribution < -0.4 is 0 Å². The van der Waals surface area contributed by atoms with Gasteiger partial charge in [-0.1, -0.05) is 60.9 Å². The fourth-order valence-electron chi connectivity index (χ4n) is 3.34. The van der Waals surface area contributed by atoms with E-state index in [1.165, 1.54) is 43.1 Å². The first kappa shape index (κ1) is 24.7. The molecule has 0 heterocycles. The molecule has 0 atom stereocenters. The molecular formula is C25H36O4. The largest absolute Gasteiger partial charge is 0.469 e. The average molecular weight is 401 g/mol. The van der Waals surface area contributed by atoms with Crippen molar-refractivity contribution in [3.63, 3.8) is 0 Å². The van der Waals surface area contributed by atoms with Crippen LogP contribution in [0.2, 0.25) is 0 Å². The lowest BCUT2D eigenvalue weighted by Crippen LogP contribution is -2.19. The van der Waals surface area contributed by atoms with Crippen LogP contribution in [0.1, 0.15) is 66.7 Å². The Balaban J connectivity index is 2.51. The number of hydrogen-bond donors (Lipinski definition) is 0. The van der Waals surface area contributed by atoms with Gasteiger partial charge in [0.05, 0.1) is 20.0 Å². The van der Waals surface area contributed by atoms with Gasteiger partial charge in [0, 0.05) is 0 Å². The Labute approximate surface area is 176 Å². The van der Waals surface area contributed by atoms with Crippen LogP contribution in [0.4, 0.5) is 0 Å². The van der Waals surface area contributed by atoms with E-state index in [0.29, 0.717) is 0 Å². The molecule has 0 aromatic rings. The number of methoxy groups -OCH3 is 1. The van der Waals surface area contributed by atoms with Gasteiger partial charge in [-0.15, -0.1) is 0 Å². The van der Waals surface area contributed by atoms with Crippen molar-refractivity contribution in [3.05, 3.63) is 58.7 Å². The van der Waals surface area contributed by atoms with Gasteiger partial charge in [-0.05, 0) is 57.1 Å². The first-order valence-electron chi connectivity index (χ1n) is 10.3. The molecule has 4 heteroatoms. The lowest BCUT2D eigenvalue weighted by Gasteiger charge is -2.32. The van der Waals surface area contributed by atoms with Crippen molar-refractivity contribution >= 4 is 11.9 Å². The molecule has 160 valence electrons. The lowest BCUT2D eigenvalue weighted by molar-refractivity contribution is -0.148. The van der Waals surface area contributed by atoms with Gasteiger partial charge in [0.1, 0.15) is 6.61 Å². The molecule has 0 spiro atoms. The summed E-state index contributed by atoms with van der Waals surface area (Å²) >= 11 is 0. The van der Waals surface area contributed by atoms with Crippen LogP contribution in [-0.2, 0) is 19.1 Å². The van der Waals surface area contributed by atoms with Gasteiger partial charge in [-0.25, -0.2) is 0 Å². The zero-order chi connectivity index (χ0) is 21.9. The van der Waals surface area contributed by atoms with Gasteiger partial charge < -0.3 is 9.47 Å². The highest BCUT2D eigenvalue weighted by Crippen LogP contribution is 2.40. The molecule has 0 aromatic heterocycles. The van der Waals surface area contributed by atoms with Crippen molar-refractivity contribution in [1.29, 1.82) is 0 Å². The zero-order valence-corrected chi connectivity index (χ0v) is 18.8. The Hall–Kier alpha value is -2.36. The highest BCUT2D eigenvalue weighted by Gasteiger charge is 2.26. The summed E-state index contributed by atoms with van der Waals surface area (Å²) in [5.74, 6) is -0.814. The summed E-state index contributed by atoms with van der Waals surface area (Å²) in [5.41, 5.74) is 5.41. The third-order valence-corrected chi connectivity index (χ3v) is 5.18. The number of allylic oxidation sites excluding steroid dienone is 9. The molecule has 0 aliphatic heterocycles. The van der Waals surface area contributed by atoms with Crippen molar-refractivity contribution in [2.45, 2.75) is 66.7 Å². The van der Waals surface area contributed by atoms with E-state index in [9.17, 15) is 9.59 Å². The standard InChI is InChI=1S/C25H36O4/c1-19(12-13-22-21(3)11-8-17-25(22,4)5)9-7-10-20(2)16-18-29-24(27)15-14-23(26)28-6/h7,9-10,12-13,16H,8,11,14-15,17-18H2,1-6H3/b10-7+,13-12+,19-9+,20-16+. The van der Waals surface area contributed by atoms with Gasteiger partial charge in [0.2, 0.25) is 0 Å². The van der Waals surface area contributed by atoms with Crippen LogP contribution in [0, 0.1) is 5.41 Å². The van der Waals surface area contributed by atoms with E-state index in [4.69, 9.17) is 4.74 Å². The van der Waals surface area contributed by atoms with Gasteiger partial charge in [-0.2, -0.15) is 0 Å². The van der Waals surface area contributed by atoms with E-state index >= 15 is 0 Å². The summed E-state index contributed by atoms with van der Waals surface area (Å²) < 4.78 is 9.57. The monoisotopic (exact) mass is 400 g/mol. The molecule has 0 saturated heterocycles. The van der Waals surface area contributed by atoms with Crippen LogP contribution in [0.5, 0.6) is 0 Å². The maximum atomic E-state index is 11.5. The maximum absolute atomic E-state index is 11.5. The Kier molecular flexibility index (Phi) is 10.4. The minimum absolute atomic E-state index is 0.0381. The summed E-state index contributed by atoms with van der Waals surface area (Å²) in [4.78, 5) is 22.5. The van der Waals surface area contributed by atoms with Crippen LogP contribution in [0.25, 0.3) is 0 Å². The minimum atomic E-state index is -0.411. The zero-order valence-electron chi connectivity index (χ0n) is 18.8. The molecule has 29 heavy (non-hydrogen) atoms. The minimum Gasteiger partial charge on any atom is -0.469 e. The molecule has 0 N–H and O–H groups in total. The predicted molar refractivity (Wildman–Crippen MR) is 118 cm³/mol. The summed E-state index contributed by atoms with van der Waals surface area (Å²) in [6, 6.07) is 0. The average Bonchev–Trinajstić information content (AvgIpc) is 2.65. The first-order valence-corrected chi connectivity index (χ1v) is 10.3. The van der Waals surface area contributed by atoms with E-state index in [-0.39, 0.29) is 24.9 Å². The fourth-order valence-corrected chi connectivity index (χ4v) is 3.34. The van der Waals surface area contributed by atoms with E-state index in [0.717, 1.165) is 5.57 Å². The number of carbonyl (C=O) groups excluding carboxylic acids is 2. The first-order chi connectivity index (χ1) is 13.7. The second kappa shape index (κ2) is 12.3. The quantitative estimate of drug-likeness (QED) is 0.351. The Morgan fingerprint density at radius 1 is 1.07 bits per heavy atom. The highest BCUT2D eigenvalue weighted by atomic mass is 16.5. The Bertz CT molecular complexity index is 730. The molecule has 0 aromatic carbocycles. The molecule has 0 unspecified atom stereocenters. The smallest absolute Gasteiger partial charge is 0.306 e. The number of hydrogen-bond acceptors (Lipinski definition) is 4. The van der Waals surface area contributed by atoms with E-state index in [1.807, 2.05) is 25.2 Å². The second-order valence-electron chi connectivity index (χ2n) is 8.24. The molecular weight excluding hydrogens is 364 g/mol. The van der Waals surface area contributed by atoms with Crippen LogP contribution in [-0.4, -0.2) is 25.7 Å². The van der Waals surface area contributed by atoms with Crippen molar-refractivity contribution in [3.8, 4) is 0 Å². The van der Waals surface area contributed by atoms with E-state index in [2.05, 4.69) is 50.7 Å². The summed E-state index contributed by atoms with van der Waals surface area (Å²) in [6.07, 6.45) is 16.1. The van der Waals surface area contributed by atoms with Gasteiger partial charge >= 0.3 is 11.9 Å². The topological polar surface area (TPSA) is 52.6 Å². The normalized spacial score (nSPS) is 17.9. The Morgan fingerprint density at radius 2 is 1.76 bits per heavy atom. The van der Waals surface area contributed by atoms with Crippen LogP contribution in [0.15, 0.2) is 58.7 Å². The van der Waals surface area contributed by atoms with Gasteiger partial charge in [-0.3, -0.25) is 9.59 Å². The second-order valence-corrected chi connectivity index (χ2v) is 8.24. The SMILES string of the molecule is COC(=O)CCC(=O)OC/C=C(C)/C=C/C=C(C)/C=C/C1=C(C)CCCC1(C)C. The van der Waals surface area contributed by atoms with Crippen LogP contribution in [0.3, 0.4) is 0 Å². The lowest BCUT2D eigenvalue weighted by atomic mass is 9.72. The third kappa shape index (κ3) is 9.60. The van der Waals surface area contributed by atoms with Crippen molar-refractivity contribution in [2.75, 3.05) is 13.7 Å².